The summed E-state index contributed by atoms with van der Waals surface area (Å²) in [7, 11) is -2.75. The molecule has 3 heterocycles. The lowest BCUT2D eigenvalue weighted by atomic mass is 9.94. The monoisotopic (exact) mass is 1080 g/mol. The van der Waals surface area contributed by atoms with E-state index in [1.165, 1.54) is 0 Å². The van der Waals surface area contributed by atoms with Crippen molar-refractivity contribution in [3.63, 3.8) is 0 Å². The van der Waals surface area contributed by atoms with E-state index in [4.69, 9.17) is 51.8 Å². The van der Waals surface area contributed by atoms with Crippen LogP contribution >= 0.6 is 0 Å². The van der Waals surface area contributed by atoms with Crippen molar-refractivity contribution >= 4 is 8.32 Å². The predicted molar refractivity (Wildman–Crippen MR) is 288 cm³/mol. The van der Waals surface area contributed by atoms with E-state index < -0.39 is 100 Å². The van der Waals surface area contributed by atoms with Gasteiger partial charge < -0.3 is 67.1 Å². The fourth-order valence-electron chi connectivity index (χ4n) is 9.28. The molecule has 0 saturated carbocycles. The summed E-state index contributed by atoms with van der Waals surface area (Å²) < 4.78 is 74.4. The van der Waals surface area contributed by atoms with Crippen LogP contribution in [0, 0.1) is 0 Å². The molecule has 3 fully saturated rings. The third-order valence-electron chi connectivity index (χ3n) is 14.6. The van der Waals surface area contributed by atoms with Crippen molar-refractivity contribution in [1.82, 2.24) is 0 Å². The maximum atomic E-state index is 11.8. The van der Waals surface area contributed by atoms with Gasteiger partial charge in [-0.25, -0.2) is 0 Å². The Kier molecular flexibility index (Phi) is 21.0. The van der Waals surface area contributed by atoms with E-state index in [2.05, 4.69) is 43.9 Å². The van der Waals surface area contributed by atoms with Crippen molar-refractivity contribution in [1.29, 1.82) is 0 Å². The van der Waals surface area contributed by atoms with E-state index in [0.29, 0.717) is 0 Å². The number of ether oxygens (including phenoxy) is 10. The van der Waals surface area contributed by atoms with Crippen LogP contribution in [0.2, 0.25) is 18.1 Å². The lowest BCUT2D eigenvalue weighted by Gasteiger charge is -2.52. The molecule has 18 heteroatoms. The predicted octanol–water partition coefficient (Wildman–Crippen LogP) is 8.92. The molecule has 8 rings (SSSR count). The van der Waals surface area contributed by atoms with Crippen LogP contribution in [0.1, 0.15) is 55.5 Å². The second-order valence-electron chi connectivity index (χ2n) is 21.3. The summed E-state index contributed by atoms with van der Waals surface area (Å²) in [5.74, 6) is 0. The molecule has 0 unspecified atom stereocenters. The SMILES string of the molecule is C[C@@H]1O[C@@H](O[C@@H]2[C@@H](N=[N+]=[N-])[C@H](O[Si](C)(C)C(C)(C)C)O[C@H](COCc3ccccc3)[C@H]2O[C@@H]2O[C@H](COCc3ccccc3)[C@H](O)[C@H](O)[C@H]2O)[C@@H](OCc2ccccc2)[C@H](OCc2ccccc2)[C@@H]1OCc1ccccc1. The summed E-state index contributed by atoms with van der Waals surface area (Å²) in [6.07, 6.45) is -17.3. The molecule has 0 radical (unpaired) electrons. The Bertz CT molecular complexity index is 2550. The minimum atomic E-state index is -2.75. The van der Waals surface area contributed by atoms with Crippen LogP contribution in [0.25, 0.3) is 10.4 Å². The van der Waals surface area contributed by atoms with Gasteiger partial charge in [0.2, 0.25) is 0 Å². The zero-order valence-corrected chi connectivity index (χ0v) is 45.7. The van der Waals surface area contributed by atoms with Gasteiger partial charge >= 0.3 is 0 Å². The summed E-state index contributed by atoms with van der Waals surface area (Å²) >= 11 is 0. The Morgan fingerprint density at radius 1 is 0.494 bits per heavy atom. The van der Waals surface area contributed by atoms with Gasteiger partial charge in [-0.2, -0.15) is 0 Å². The standard InChI is InChI=1S/C59H75N3O14Si/c1-39-51(68-34-42-26-16-9-17-27-42)54(69-35-43-28-18-10-19-29-43)55(70-36-44-30-20-11-21-31-44)58(71-39)75-53-47(61-62-60)56(76-77(5,6)59(2,3)4)73-46(38-67-33-41-24-14-8-15-25-41)52(53)74-57-50(65)49(64)48(63)45(72-57)37-66-32-40-22-12-7-13-23-40/h7-31,39,45-58,63-65H,32-38H2,1-6H3/t39-,45+,46+,47+,48-,49-,50+,51+,52+,53+,54+,55-,56-,57-,58-/m0/s1. The Morgan fingerprint density at radius 3 is 1.38 bits per heavy atom. The minimum absolute atomic E-state index is 0.120. The van der Waals surface area contributed by atoms with Crippen LogP contribution in [0.4, 0.5) is 0 Å². The number of azide groups is 1. The number of hydrogen-bond donors (Lipinski definition) is 3. The van der Waals surface area contributed by atoms with Crippen LogP contribution in [-0.4, -0.2) is 129 Å². The molecule has 0 amide bonds. The molecule has 0 bridgehead atoms. The lowest BCUT2D eigenvalue weighted by molar-refractivity contribution is -0.375. The van der Waals surface area contributed by atoms with Crippen molar-refractivity contribution in [2.24, 2.45) is 5.11 Å². The first-order chi connectivity index (χ1) is 37.2. The van der Waals surface area contributed by atoms with Crippen molar-refractivity contribution < 1.29 is 67.1 Å². The van der Waals surface area contributed by atoms with Crippen LogP contribution in [0.15, 0.2) is 157 Å². The summed E-state index contributed by atoms with van der Waals surface area (Å²) in [6, 6.07) is 47.1. The number of rotatable bonds is 24. The molecule has 0 aliphatic carbocycles. The van der Waals surface area contributed by atoms with Gasteiger partial charge in [-0.3, -0.25) is 0 Å². The van der Waals surface area contributed by atoms with E-state index >= 15 is 0 Å². The van der Waals surface area contributed by atoms with E-state index in [1.807, 2.05) is 159 Å². The fraction of sp³-hybridized carbons (Fsp3) is 0.492. The molecule has 15 atom stereocenters. The first kappa shape index (κ1) is 58.2. The smallest absolute Gasteiger partial charge is 0.195 e. The number of nitrogens with zero attached hydrogens (tertiary/aromatic N) is 3. The first-order valence-electron chi connectivity index (χ1n) is 26.4. The first-order valence-corrected chi connectivity index (χ1v) is 29.3. The summed E-state index contributed by atoms with van der Waals surface area (Å²) in [5.41, 5.74) is 15.0. The van der Waals surface area contributed by atoms with E-state index in [0.717, 1.165) is 27.8 Å². The van der Waals surface area contributed by atoms with Crippen molar-refractivity contribution in [2.45, 2.75) is 171 Å². The number of aliphatic hydroxyl groups is 3. The van der Waals surface area contributed by atoms with Crippen LogP contribution in [-0.2, 0) is 84.8 Å². The van der Waals surface area contributed by atoms with Gasteiger partial charge in [-0.15, -0.1) is 0 Å². The van der Waals surface area contributed by atoms with Crippen molar-refractivity contribution in [3.8, 4) is 0 Å². The normalized spacial score (nSPS) is 29.9. The van der Waals surface area contributed by atoms with Gasteiger partial charge in [0.05, 0.1) is 52.4 Å². The highest BCUT2D eigenvalue weighted by Crippen LogP contribution is 2.42. The molecule has 3 aliphatic heterocycles. The number of benzene rings is 5. The van der Waals surface area contributed by atoms with Gasteiger partial charge in [0, 0.05) is 4.91 Å². The van der Waals surface area contributed by atoms with Gasteiger partial charge in [0.1, 0.15) is 67.1 Å². The zero-order chi connectivity index (χ0) is 54.4. The molecule has 5 aromatic rings. The third kappa shape index (κ3) is 15.7. The molecule has 3 N–H and O–H groups in total. The molecule has 3 saturated heterocycles. The molecule has 0 aromatic heterocycles. The lowest BCUT2D eigenvalue weighted by Crippen LogP contribution is -2.68. The average Bonchev–Trinajstić information content (AvgIpc) is 3.43. The molecule has 17 nitrogen and oxygen atoms in total. The van der Waals surface area contributed by atoms with E-state index in [1.54, 1.807) is 0 Å². The molecule has 414 valence electrons. The third-order valence-corrected chi connectivity index (χ3v) is 19.1. The van der Waals surface area contributed by atoms with Gasteiger partial charge in [0.25, 0.3) is 0 Å². The van der Waals surface area contributed by atoms with Crippen molar-refractivity contribution in [2.75, 3.05) is 13.2 Å². The highest BCUT2D eigenvalue weighted by molar-refractivity contribution is 6.74. The Balaban J connectivity index is 1.19. The highest BCUT2D eigenvalue weighted by Gasteiger charge is 2.57. The Labute approximate surface area is 452 Å². The van der Waals surface area contributed by atoms with Crippen molar-refractivity contribution in [3.05, 3.63) is 190 Å². The second kappa shape index (κ2) is 27.8. The average molecular weight is 1080 g/mol. The van der Waals surface area contributed by atoms with Crippen LogP contribution < -0.4 is 0 Å². The summed E-state index contributed by atoms with van der Waals surface area (Å²) in [6.45, 7) is 12.9. The topological polar surface area (TPSA) is 211 Å². The zero-order valence-electron chi connectivity index (χ0n) is 44.7. The van der Waals surface area contributed by atoms with Gasteiger partial charge in [0.15, 0.2) is 27.2 Å². The van der Waals surface area contributed by atoms with Crippen LogP contribution in [0.3, 0.4) is 0 Å². The molecular weight excluding hydrogens is 1000 g/mol. The summed E-state index contributed by atoms with van der Waals surface area (Å²) in [4.78, 5) is 3.34. The number of aliphatic hydroxyl groups excluding tert-OH is 3. The fourth-order valence-corrected chi connectivity index (χ4v) is 10.4. The van der Waals surface area contributed by atoms with E-state index in [-0.39, 0.29) is 51.3 Å². The van der Waals surface area contributed by atoms with E-state index in [9.17, 15) is 20.9 Å². The van der Waals surface area contributed by atoms with Crippen LogP contribution in [0.5, 0.6) is 0 Å². The largest absolute Gasteiger partial charge is 0.392 e. The Hall–Kier alpha value is -4.93. The number of hydrogen-bond acceptors (Lipinski definition) is 15. The maximum Gasteiger partial charge on any atom is 0.195 e. The molecule has 77 heavy (non-hydrogen) atoms. The van der Waals surface area contributed by atoms with Gasteiger partial charge in [-0.1, -0.05) is 178 Å². The Morgan fingerprint density at radius 2 is 0.909 bits per heavy atom. The maximum absolute atomic E-state index is 11.8. The highest BCUT2D eigenvalue weighted by atomic mass is 28.4. The molecular formula is C59H75N3O14Si. The molecule has 5 aromatic carbocycles. The molecule has 3 aliphatic rings. The second-order valence-corrected chi connectivity index (χ2v) is 26.1. The quantitative estimate of drug-likeness (QED) is 0.0228. The minimum Gasteiger partial charge on any atom is -0.392 e. The molecule has 0 spiro atoms. The summed E-state index contributed by atoms with van der Waals surface area (Å²) in [5, 5.41) is 38.5. The van der Waals surface area contributed by atoms with Gasteiger partial charge in [-0.05, 0) is 58.4 Å².